The van der Waals surface area contributed by atoms with Gasteiger partial charge in [-0.15, -0.1) is 0 Å². The van der Waals surface area contributed by atoms with Gasteiger partial charge in [0.25, 0.3) is 24.2 Å². The third kappa shape index (κ3) is 7.44. The Kier molecular flexibility index (Phi) is 9.43. The minimum Gasteiger partial charge on any atom is -0.393 e. The van der Waals surface area contributed by atoms with Gasteiger partial charge in [-0.2, -0.15) is 13.2 Å². The van der Waals surface area contributed by atoms with E-state index in [-0.39, 0.29) is 24.6 Å². The molecule has 1 aromatic heterocycles. The van der Waals surface area contributed by atoms with Crippen LogP contribution in [0, 0.1) is 0 Å². The van der Waals surface area contributed by atoms with E-state index >= 15 is 0 Å². The van der Waals surface area contributed by atoms with Crippen LogP contribution in [-0.2, 0) is 9.59 Å². The van der Waals surface area contributed by atoms with Gasteiger partial charge in [0.1, 0.15) is 11.9 Å². The molecular weight excluding hydrogens is 571 g/mol. The molecular formula is C24H28F7N5O3S. The molecule has 1 saturated carbocycles. The van der Waals surface area contributed by atoms with Gasteiger partial charge in [0.2, 0.25) is 0 Å². The number of anilines is 1. The largest absolute Gasteiger partial charge is 0.408 e. The molecule has 0 spiro atoms. The van der Waals surface area contributed by atoms with E-state index < -0.39 is 89.3 Å². The van der Waals surface area contributed by atoms with E-state index in [1.54, 1.807) is 0 Å². The second kappa shape index (κ2) is 11.9. The molecule has 2 heterocycles. The van der Waals surface area contributed by atoms with Crippen LogP contribution in [0.2, 0.25) is 0 Å². The van der Waals surface area contributed by atoms with Crippen LogP contribution in [0.4, 0.5) is 36.6 Å². The van der Waals surface area contributed by atoms with Crippen molar-refractivity contribution in [2.75, 3.05) is 11.9 Å². The first-order chi connectivity index (χ1) is 18.4. The zero-order valence-electron chi connectivity index (χ0n) is 21.6. The second-order valence-electron chi connectivity index (χ2n) is 10.0. The van der Waals surface area contributed by atoms with Crippen LogP contribution < -0.4 is 10.6 Å². The number of thiocarbonyl (C=S) groups is 1. The number of aliphatic hydroxyl groups excluding tert-OH is 1. The zero-order valence-corrected chi connectivity index (χ0v) is 22.4. The normalized spacial score (nSPS) is 24.4. The summed E-state index contributed by atoms with van der Waals surface area (Å²) in [6.07, 6.45) is -7.89. The number of aliphatic imine (C=N–C) groups is 1. The summed E-state index contributed by atoms with van der Waals surface area (Å²) in [6, 6.07) is -4.67. The quantitative estimate of drug-likeness (QED) is 0.173. The fraction of sp³-hybridized carbons (Fsp3) is 0.625. The number of aliphatic hydroxyl groups is 1. The summed E-state index contributed by atoms with van der Waals surface area (Å²) in [5, 5.41) is 14.0. The second-order valence-corrected chi connectivity index (χ2v) is 10.5. The van der Waals surface area contributed by atoms with Crippen molar-refractivity contribution >= 4 is 40.4 Å². The van der Waals surface area contributed by atoms with Crippen molar-refractivity contribution in [2.24, 2.45) is 4.99 Å². The predicted molar refractivity (Wildman–Crippen MR) is 135 cm³/mol. The first kappa shape index (κ1) is 31.6. The number of amides is 2. The molecule has 222 valence electrons. The maximum absolute atomic E-state index is 14.1. The molecule has 1 unspecified atom stereocenters. The van der Waals surface area contributed by atoms with Crippen LogP contribution in [0.3, 0.4) is 0 Å². The van der Waals surface area contributed by atoms with Crippen LogP contribution in [0.1, 0.15) is 57.6 Å². The molecule has 0 radical (unpaired) electrons. The molecule has 0 aromatic carbocycles. The highest BCUT2D eigenvalue weighted by Crippen LogP contribution is 2.34. The number of aromatic nitrogens is 1. The first-order valence-electron chi connectivity index (χ1n) is 12.3. The average Bonchev–Trinajstić information content (AvgIpc) is 3.11. The Balaban J connectivity index is 1.98. The first-order valence-corrected chi connectivity index (χ1v) is 12.7. The van der Waals surface area contributed by atoms with E-state index in [0.717, 1.165) is 18.0 Å². The molecule has 2 fully saturated rings. The number of carbonyl (C=O) groups is 2. The van der Waals surface area contributed by atoms with Gasteiger partial charge in [0.15, 0.2) is 6.04 Å². The van der Waals surface area contributed by atoms with Gasteiger partial charge in [0.05, 0.1) is 23.2 Å². The average molecular weight is 600 g/mol. The van der Waals surface area contributed by atoms with Crippen molar-refractivity contribution in [1.29, 1.82) is 0 Å². The van der Waals surface area contributed by atoms with Crippen LogP contribution in [0.25, 0.3) is 0 Å². The summed E-state index contributed by atoms with van der Waals surface area (Å²) in [6.45, 7) is 2.35. The van der Waals surface area contributed by atoms with E-state index in [2.05, 4.69) is 15.3 Å². The van der Waals surface area contributed by atoms with Crippen molar-refractivity contribution in [3.63, 3.8) is 0 Å². The maximum atomic E-state index is 14.1. The standard InChI is InChI=1S/C24H28F7N5O3S/c1-10-7-23(27,28)9-36(10)22(39)18(33-11(2)21(38)35-13-4-14(37)5-13)19(40)16-8-32-17(6-15(16)20(25)26)34-12(3)24(29,30)31/h6,8,10,12-14,18,20,37H,4-5,7,9H2,1-3H3,(H,32,34)(H,35,38)/b33-11+/t10-,12-,13-,14-,18?/m0/s1. The van der Waals surface area contributed by atoms with Gasteiger partial charge in [-0.05, 0) is 39.7 Å². The number of nitrogens with zero attached hydrogens (tertiary/aromatic N) is 3. The molecule has 1 saturated heterocycles. The van der Waals surface area contributed by atoms with E-state index in [1.807, 2.05) is 5.32 Å². The highest BCUT2D eigenvalue weighted by atomic mass is 32.1. The molecule has 3 rings (SSSR count). The molecule has 2 aliphatic rings. The monoisotopic (exact) mass is 599 g/mol. The lowest BCUT2D eigenvalue weighted by atomic mass is 9.89. The number of hydrogen-bond donors (Lipinski definition) is 3. The van der Waals surface area contributed by atoms with Crippen LogP contribution >= 0.6 is 12.2 Å². The third-order valence-corrected chi connectivity index (χ3v) is 7.13. The SMILES string of the molecule is C/C(=N\C(C(=O)N1CC(F)(F)C[C@@H]1C)C(=S)c1cnc(N[C@@H](C)C(F)(F)F)cc1C(F)F)C(=O)N[C@H]1C[C@H](O)C1. The highest BCUT2D eigenvalue weighted by Gasteiger charge is 2.47. The van der Waals surface area contributed by atoms with E-state index in [9.17, 15) is 45.4 Å². The molecule has 1 aliphatic carbocycles. The molecule has 1 aliphatic heterocycles. The molecule has 3 atom stereocenters. The predicted octanol–water partition coefficient (Wildman–Crippen LogP) is 3.83. The summed E-state index contributed by atoms with van der Waals surface area (Å²) < 4.78 is 95.0. The number of pyridine rings is 1. The Morgan fingerprint density at radius 1 is 1.27 bits per heavy atom. The Bertz CT molecular complexity index is 1170. The minimum absolute atomic E-state index is 0.289. The van der Waals surface area contributed by atoms with Gasteiger partial charge < -0.3 is 20.6 Å². The van der Waals surface area contributed by atoms with Crippen LogP contribution in [0.5, 0.6) is 0 Å². The van der Waals surface area contributed by atoms with Crippen molar-refractivity contribution in [2.45, 2.75) is 88.8 Å². The highest BCUT2D eigenvalue weighted by molar-refractivity contribution is 7.81. The van der Waals surface area contributed by atoms with Crippen LogP contribution in [0.15, 0.2) is 17.3 Å². The number of carbonyl (C=O) groups excluding carboxylic acids is 2. The number of rotatable bonds is 9. The van der Waals surface area contributed by atoms with E-state index in [4.69, 9.17) is 12.2 Å². The topological polar surface area (TPSA) is 107 Å². The van der Waals surface area contributed by atoms with Crippen molar-refractivity contribution in [1.82, 2.24) is 15.2 Å². The molecule has 8 nitrogen and oxygen atoms in total. The van der Waals surface area contributed by atoms with E-state index in [0.29, 0.717) is 6.07 Å². The lowest BCUT2D eigenvalue weighted by Gasteiger charge is -2.32. The van der Waals surface area contributed by atoms with Gasteiger partial charge >= 0.3 is 6.18 Å². The summed E-state index contributed by atoms with van der Waals surface area (Å²) in [5.41, 5.74) is -1.67. The minimum atomic E-state index is -4.70. The van der Waals surface area contributed by atoms with Gasteiger partial charge in [-0.25, -0.2) is 22.5 Å². The number of alkyl halides is 7. The fourth-order valence-corrected chi connectivity index (χ4v) is 4.65. The Labute approximate surface area is 230 Å². The number of nitrogens with one attached hydrogen (secondary N) is 2. The summed E-state index contributed by atoms with van der Waals surface area (Å²) in [4.78, 5) is 34.0. The Hall–Kier alpha value is -2.88. The summed E-state index contributed by atoms with van der Waals surface area (Å²) >= 11 is 5.31. The third-order valence-electron chi connectivity index (χ3n) is 6.68. The number of likely N-dealkylation sites (tertiary alicyclic amines) is 1. The van der Waals surface area contributed by atoms with E-state index in [1.165, 1.54) is 13.8 Å². The van der Waals surface area contributed by atoms with Gasteiger partial charge in [0, 0.05) is 35.8 Å². The molecule has 2 amide bonds. The van der Waals surface area contributed by atoms with Gasteiger partial charge in [-0.3, -0.25) is 14.6 Å². The van der Waals surface area contributed by atoms with Crippen molar-refractivity contribution in [3.8, 4) is 0 Å². The van der Waals surface area contributed by atoms with Crippen LogP contribution in [-0.4, -0.2) is 86.3 Å². The summed E-state index contributed by atoms with van der Waals surface area (Å²) in [5.74, 6) is -5.57. The van der Waals surface area contributed by atoms with Crippen molar-refractivity contribution < 1.29 is 45.4 Å². The fourth-order valence-electron chi connectivity index (χ4n) is 4.33. The lowest BCUT2D eigenvalue weighted by Crippen LogP contribution is -2.49. The smallest absolute Gasteiger partial charge is 0.393 e. The Morgan fingerprint density at radius 3 is 2.40 bits per heavy atom. The van der Waals surface area contributed by atoms with Crippen molar-refractivity contribution in [3.05, 3.63) is 23.4 Å². The Morgan fingerprint density at radius 2 is 1.90 bits per heavy atom. The number of halogens is 7. The molecule has 40 heavy (non-hydrogen) atoms. The zero-order chi connectivity index (χ0) is 30.2. The summed E-state index contributed by atoms with van der Waals surface area (Å²) in [7, 11) is 0. The van der Waals surface area contributed by atoms with Gasteiger partial charge in [-0.1, -0.05) is 12.2 Å². The molecule has 0 bridgehead atoms. The molecule has 3 N–H and O–H groups in total. The maximum Gasteiger partial charge on any atom is 0.408 e. The molecule has 1 aromatic rings. The number of hydrogen-bond acceptors (Lipinski definition) is 7. The molecule has 16 heteroatoms. The lowest BCUT2D eigenvalue weighted by molar-refractivity contribution is -0.138.